The second-order valence-corrected chi connectivity index (χ2v) is 6.21. The maximum absolute atomic E-state index is 5.59. The number of rotatable bonds is 4. The van der Waals surface area contributed by atoms with E-state index in [0.29, 0.717) is 6.54 Å². The molecule has 0 aliphatic carbocycles. The summed E-state index contributed by atoms with van der Waals surface area (Å²) in [5.41, 5.74) is 7.75. The van der Waals surface area contributed by atoms with E-state index in [1.807, 2.05) is 32.1 Å². The van der Waals surface area contributed by atoms with E-state index in [1.165, 1.54) is 11.8 Å². The summed E-state index contributed by atoms with van der Waals surface area (Å²) in [5.74, 6) is 0. The Hall–Kier alpha value is -1.18. The van der Waals surface area contributed by atoms with Crippen molar-refractivity contribution in [1.82, 2.24) is 15.2 Å². The predicted molar refractivity (Wildman–Crippen MR) is 75.2 cm³/mol. The molecule has 2 aromatic heterocycles. The van der Waals surface area contributed by atoms with Crippen LogP contribution in [-0.2, 0) is 6.54 Å². The Balaban J connectivity index is 2.17. The summed E-state index contributed by atoms with van der Waals surface area (Å²) in [7, 11) is 3.91. The molecular weight excluding hydrogens is 266 g/mol. The van der Waals surface area contributed by atoms with Gasteiger partial charge in [-0.15, -0.1) is 10.2 Å². The van der Waals surface area contributed by atoms with E-state index >= 15 is 0 Å². The second kappa shape index (κ2) is 5.64. The van der Waals surface area contributed by atoms with Gasteiger partial charge in [-0.25, -0.2) is 4.98 Å². The van der Waals surface area contributed by atoms with Gasteiger partial charge in [-0.3, -0.25) is 0 Å². The molecule has 0 aliphatic rings. The van der Waals surface area contributed by atoms with Crippen molar-refractivity contribution in [3.05, 3.63) is 23.4 Å². The number of hydrogen-bond acceptors (Lipinski definition) is 7. The van der Waals surface area contributed by atoms with Crippen molar-refractivity contribution in [2.24, 2.45) is 5.73 Å². The van der Waals surface area contributed by atoms with Crippen molar-refractivity contribution < 1.29 is 0 Å². The third-order valence-corrected chi connectivity index (χ3v) is 4.55. The van der Waals surface area contributed by atoms with E-state index in [2.05, 4.69) is 21.2 Å². The predicted octanol–water partition coefficient (Wildman–Crippen LogP) is 1.92. The Labute approximate surface area is 114 Å². The van der Waals surface area contributed by atoms with Crippen LogP contribution >= 0.6 is 23.1 Å². The normalized spacial score (nSPS) is 10.7. The molecule has 0 aromatic carbocycles. The molecule has 2 rings (SSSR count). The molecule has 2 N–H and O–H groups in total. The van der Waals surface area contributed by atoms with Crippen LogP contribution in [0, 0.1) is 6.92 Å². The van der Waals surface area contributed by atoms with Gasteiger partial charge < -0.3 is 10.6 Å². The van der Waals surface area contributed by atoms with Crippen molar-refractivity contribution in [2.75, 3.05) is 19.0 Å². The highest BCUT2D eigenvalue weighted by Crippen LogP contribution is 2.33. The average molecular weight is 281 g/mol. The Morgan fingerprint density at radius 2 is 2.17 bits per heavy atom. The lowest BCUT2D eigenvalue weighted by Gasteiger charge is -2.04. The monoisotopic (exact) mass is 281 g/mol. The number of aromatic nitrogens is 3. The largest absolute Gasteiger partial charge is 0.353 e. The van der Waals surface area contributed by atoms with Gasteiger partial charge in [0.25, 0.3) is 0 Å². The third kappa shape index (κ3) is 2.98. The van der Waals surface area contributed by atoms with Gasteiger partial charge in [0.15, 0.2) is 4.34 Å². The molecule has 0 spiro atoms. The van der Waals surface area contributed by atoms with Crippen LogP contribution in [0.1, 0.15) is 11.1 Å². The van der Waals surface area contributed by atoms with Gasteiger partial charge in [-0.1, -0.05) is 17.4 Å². The number of pyridine rings is 1. The summed E-state index contributed by atoms with van der Waals surface area (Å²) in [6.07, 6.45) is 1.81. The number of nitrogens with two attached hydrogens (primary N) is 1. The molecule has 5 nitrogen and oxygen atoms in total. The quantitative estimate of drug-likeness (QED) is 0.923. The number of hydrogen-bond donors (Lipinski definition) is 1. The van der Waals surface area contributed by atoms with Gasteiger partial charge in [0, 0.05) is 26.8 Å². The molecule has 0 saturated carbocycles. The van der Waals surface area contributed by atoms with Crippen LogP contribution in [0.3, 0.4) is 0 Å². The molecule has 96 valence electrons. The van der Waals surface area contributed by atoms with Gasteiger partial charge in [-0.05, 0) is 29.8 Å². The van der Waals surface area contributed by atoms with Crippen molar-refractivity contribution >= 4 is 28.2 Å². The van der Waals surface area contributed by atoms with Crippen LogP contribution in [0.15, 0.2) is 21.6 Å². The summed E-state index contributed by atoms with van der Waals surface area (Å²) in [6, 6.07) is 2.06. The zero-order valence-electron chi connectivity index (χ0n) is 10.5. The molecule has 0 atom stereocenters. The molecule has 0 fully saturated rings. The average Bonchev–Trinajstić information content (AvgIpc) is 2.80. The third-order valence-electron chi connectivity index (χ3n) is 2.28. The highest BCUT2D eigenvalue weighted by Gasteiger charge is 2.10. The fourth-order valence-corrected chi connectivity index (χ4v) is 3.05. The van der Waals surface area contributed by atoms with Crippen LogP contribution in [0.4, 0.5) is 5.13 Å². The number of anilines is 1. The van der Waals surface area contributed by atoms with Crippen LogP contribution in [-0.4, -0.2) is 29.3 Å². The fraction of sp³-hybridized carbons (Fsp3) is 0.364. The molecule has 0 bridgehead atoms. The van der Waals surface area contributed by atoms with E-state index in [4.69, 9.17) is 5.73 Å². The first-order valence-corrected chi connectivity index (χ1v) is 7.07. The van der Waals surface area contributed by atoms with E-state index in [-0.39, 0.29) is 0 Å². The molecule has 0 unspecified atom stereocenters. The first-order valence-electron chi connectivity index (χ1n) is 5.44. The minimum atomic E-state index is 0.516. The highest BCUT2D eigenvalue weighted by molar-refractivity contribution is 8.01. The molecule has 0 saturated heterocycles. The van der Waals surface area contributed by atoms with Crippen LogP contribution in [0.25, 0.3) is 0 Å². The molecule has 0 amide bonds. The lowest BCUT2D eigenvalue weighted by molar-refractivity contribution is 0.962. The summed E-state index contributed by atoms with van der Waals surface area (Å²) in [5, 5.41) is 10.1. The highest BCUT2D eigenvalue weighted by atomic mass is 32.2. The summed E-state index contributed by atoms with van der Waals surface area (Å²) in [6.45, 7) is 2.55. The zero-order chi connectivity index (χ0) is 13.1. The van der Waals surface area contributed by atoms with E-state index in [9.17, 15) is 0 Å². The topological polar surface area (TPSA) is 67.9 Å². The Kier molecular flexibility index (Phi) is 4.15. The van der Waals surface area contributed by atoms with Gasteiger partial charge in [0.2, 0.25) is 5.13 Å². The van der Waals surface area contributed by atoms with Crippen LogP contribution < -0.4 is 10.6 Å². The standard InChI is InChI=1S/C11H15N5S2/c1-7-4-8(5-12)6-13-9(7)17-11-15-14-10(18-11)16(2)3/h4,6H,5,12H2,1-3H3. The van der Waals surface area contributed by atoms with Crippen LogP contribution in [0.5, 0.6) is 0 Å². The lowest BCUT2D eigenvalue weighted by atomic mass is 10.2. The maximum Gasteiger partial charge on any atom is 0.208 e. The second-order valence-electron chi connectivity index (χ2n) is 4.02. The summed E-state index contributed by atoms with van der Waals surface area (Å²) >= 11 is 3.09. The van der Waals surface area contributed by atoms with Crippen LogP contribution in [0.2, 0.25) is 0 Å². The van der Waals surface area contributed by atoms with E-state index < -0.39 is 0 Å². The van der Waals surface area contributed by atoms with Crippen molar-refractivity contribution in [1.29, 1.82) is 0 Å². The number of nitrogens with zero attached hydrogens (tertiary/aromatic N) is 4. The number of aryl methyl sites for hydroxylation is 1. The Morgan fingerprint density at radius 3 is 2.72 bits per heavy atom. The smallest absolute Gasteiger partial charge is 0.208 e. The van der Waals surface area contributed by atoms with E-state index in [0.717, 1.165) is 25.6 Å². The van der Waals surface area contributed by atoms with Crippen molar-refractivity contribution in [3.8, 4) is 0 Å². The van der Waals surface area contributed by atoms with Gasteiger partial charge in [-0.2, -0.15) is 0 Å². The van der Waals surface area contributed by atoms with Crippen molar-refractivity contribution in [2.45, 2.75) is 22.8 Å². The fourth-order valence-electron chi connectivity index (χ4n) is 1.35. The molecule has 0 radical (unpaired) electrons. The van der Waals surface area contributed by atoms with Gasteiger partial charge in [0.05, 0.1) is 0 Å². The lowest BCUT2D eigenvalue weighted by Crippen LogP contribution is -2.07. The minimum Gasteiger partial charge on any atom is -0.353 e. The maximum atomic E-state index is 5.59. The van der Waals surface area contributed by atoms with Crippen molar-refractivity contribution in [3.63, 3.8) is 0 Å². The molecule has 18 heavy (non-hydrogen) atoms. The molecule has 0 aliphatic heterocycles. The SMILES string of the molecule is Cc1cc(CN)cnc1Sc1nnc(N(C)C)s1. The Bertz CT molecular complexity index is 538. The summed E-state index contributed by atoms with van der Waals surface area (Å²) < 4.78 is 0.898. The zero-order valence-corrected chi connectivity index (χ0v) is 12.2. The minimum absolute atomic E-state index is 0.516. The first kappa shape index (κ1) is 13.3. The molecule has 7 heteroatoms. The molecule has 2 aromatic rings. The summed E-state index contributed by atoms with van der Waals surface area (Å²) in [4.78, 5) is 6.35. The first-order chi connectivity index (χ1) is 8.60. The Morgan fingerprint density at radius 1 is 1.39 bits per heavy atom. The van der Waals surface area contributed by atoms with Gasteiger partial charge in [0.1, 0.15) is 5.03 Å². The molecular formula is C11H15N5S2. The van der Waals surface area contributed by atoms with Gasteiger partial charge >= 0.3 is 0 Å². The van der Waals surface area contributed by atoms with E-state index in [1.54, 1.807) is 11.3 Å². The molecule has 2 heterocycles.